The van der Waals surface area contributed by atoms with E-state index in [1.165, 1.54) is 0 Å². The fourth-order valence-corrected chi connectivity index (χ4v) is 4.74. The van der Waals surface area contributed by atoms with Crippen molar-refractivity contribution in [2.24, 2.45) is 10.9 Å². The molecular formula is C19H31N3O4S. The zero-order chi connectivity index (χ0) is 19.5. The fraction of sp³-hybridized carbons (Fsp3) is 0.632. The van der Waals surface area contributed by atoms with Gasteiger partial charge in [0.25, 0.3) is 0 Å². The van der Waals surface area contributed by atoms with Crippen molar-refractivity contribution in [3.05, 3.63) is 29.8 Å². The van der Waals surface area contributed by atoms with Crippen molar-refractivity contribution in [3.63, 3.8) is 0 Å². The van der Waals surface area contributed by atoms with Crippen LogP contribution >= 0.6 is 0 Å². The van der Waals surface area contributed by atoms with Gasteiger partial charge in [0.05, 0.1) is 25.2 Å². The normalized spacial score (nSPS) is 19.0. The van der Waals surface area contributed by atoms with Crippen LogP contribution < -0.4 is 15.4 Å². The Hall–Kier alpha value is -1.80. The number of nitrogens with one attached hydrogen (secondary N) is 2. The zero-order valence-corrected chi connectivity index (χ0v) is 17.1. The minimum atomic E-state index is -2.86. The number of aliphatic imine (C=N–C) groups is 1. The van der Waals surface area contributed by atoms with Crippen LogP contribution in [0, 0.1) is 5.92 Å². The van der Waals surface area contributed by atoms with Crippen LogP contribution in [0.1, 0.15) is 25.3 Å². The summed E-state index contributed by atoms with van der Waals surface area (Å²) in [6.45, 7) is 5.29. The molecule has 0 amide bonds. The van der Waals surface area contributed by atoms with Crippen LogP contribution in [-0.2, 0) is 21.1 Å². The molecule has 1 aromatic carbocycles. The first-order valence-corrected chi connectivity index (χ1v) is 11.3. The van der Waals surface area contributed by atoms with Gasteiger partial charge in [-0.15, -0.1) is 0 Å². The largest absolute Gasteiger partial charge is 0.497 e. The van der Waals surface area contributed by atoms with Crippen LogP contribution in [0.4, 0.5) is 0 Å². The Balaban J connectivity index is 1.88. The third-order valence-corrected chi connectivity index (χ3v) is 6.26. The molecule has 8 heteroatoms. The van der Waals surface area contributed by atoms with Crippen LogP contribution in [-0.4, -0.2) is 59.3 Å². The summed E-state index contributed by atoms with van der Waals surface area (Å²) in [5.74, 6) is 2.21. The minimum absolute atomic E-state index is 0.145. The van der Waals surface area contributed by atoms with E-state index in [0.717, 1.165) is 24.3 Å². The Kier molecular flexibility index (Phi) is 8.87. The van der Waals surface area contributed by atoms with E-state index in [1.807, 2.05) is 31.2 Å². The molecule has 2 rings (SSSR count). The molecule has 0 aromatic heterocycles. The number of rotatable bonds is 10. The molecule has 0 aliphatic carbocycles. The van der Waals surface area contributed by atoms with Gasteiger partial charge in [-0.1, -0.05) is 12.1 Å². The Morgan fingerprint density at radius 2 is 2.04 bits per heavy atom. The van der Waals surface area contributed by atoms with Crippen molar-refractivity contribution in [1.82, 2.24) is 10.6 Å². The average Bonchev–Trinajstić information content (AvgIpc) is 3.02. The Morgan fingerprint density at radius 3 is 2.67 bits per heavy atom. The molecule has 1 aromatic rings. The standard InChI is InChI=1S/C19H31N3O4S/c1-3-26-11-4-10-20-19(22-14-17-9-12-27(23,24)15-17)21-13-16-5-7-18(25-2)8-6-16/h5-8,17H,3-4,9-15H2,1-2H3,(H2,20,21,22). The maximum absolute atomic E-state index is 11.6. The van der Waals surface area contributed by atoms with E-state index in [-0.39, 0.29) is 11.7 Å². The molecule has 0 spiro atoms. The molecule has 1 aliphatic heterocycles. The lowest BCUT2D eigenvalue weighted by atomic mass is 10.1. The van der Waals surface area contributed by atoms with Gasteiger partial charge in [-0.25, -0.2) is 13.4 Å². The van der Waals surface area contributed by atoms with Crippen molar-refractivity contribution in [1.29, 1.82) is 0 Å². The van der Waals surface area contributed by atoms with Crippen LogP contribution in [0.15, 0.2) is 29.3 Å². The molecule has 0 radical (unpaired) electrons. The highest BCUT2D eigenvalue weighted by Crippen LogP contribution is 2.17. The molecule has 152 valence electrons. The molecule has 0 bridgehead atoms. The summed E-state index contributed by atoms with van der Waals surface area (Å²) >= 11 is 0. The molecule has 1 fully saturated rings. The zero-order valence-electron chi connectivity index (χ0n) is 16.2. The number of hydrogen-bond donors (Lipinski definition) is 2. The number of sulfone groups is 1. The third kappa shape index (κ3) is 8.17. The van der Waals surface area contributed by atoms with Gasteiger partial charge >= 0.3 is 0 Å². The predicted molar refractivity (Wildman–Crippen MR) is 108 cm³/mol. The lowest BCUT2D eigenvalue weighted by Gasteiger charge is -2.15. The summed E-state index contributed by atoms with van der Waals surface area (Å²) in [6, 6.07) is 7.80. The topological polar surface area (TPSA) is 89.0 Å². The molecule has 27 heavy (non-hydrogen) atoms. The first-order chi connectivity index (χ1) is 13.0. The second-order valence-electron chi connectivity index (χ2n) is 6.64. The summed E-state index contributed by atoms with van der Waals surface area (Å²) in [5.41, 5.74) is 1.08. The Bertz CT molecular complexity index is 689. The molecule has 2 N–H and O–H groups in total. The lowest BCUT2D eigenvalue weighted by Crippen LogP contribution is -2.40. The summed E-state index contributed by atoms with van der Waals surface area (Å²) in [5, 5.41) is 6.59. The van der Waals surface area contributed by atoms with Crippen LogP contribution in [0.3, 0.4) is 0 Å². The molecule has 1 unspecified atom stereocenters. The van der Waals surface area contributed by atoms with Gasteiger partial charge in [-0.2, -0.15) is 0 Å². The van der Waals surface area contributed by atoms with Gasteiger partial charge in [0.2, 0.25) is 0 Å². The van der Waals surface area contributed by atoms with Crippen molar-refractivity contribution in [3.8, 4) is 5.75 Å². The second kappa shape index (κ2) is 11.1. The van der Waals surface area contributed by atoms with Crippen LogP contribution in [0.25, 0.3) is 0 Å². The SMILES string of the molecule is CCOCCCNC(=NCc1ccc(OC)cc1)NCC1CCS(=O)(=O)C1. The molecular weight excluding hydrogens is 366 g/mol. The van der Waals surface area contributed by atoms with Gasteiger partial charge in [0.15, 0.2) is 15.8 Å². The number of methoxy groups -OCH3 is 1. The molecule has 7 nitrogen and oxygen atoms in total. The van der Waals surface area contributed by atoms with Crippen molar-refractivity contribution < 1.29 is 17.9 Å². The van der Waals surface area contributed by atoms with E-state index in [4.69, 9.17) is 9.47 Å². The number of guanidine groups is 1. The highest BCUT2D eigenvalue weighted by Gasteiger charge is 2.27. The van der Waals surface area contributed by atoms with Crippen molar-refractivity contribution in [2.75, 3.05) is 44.9 Å². The molecule has 1 atom stereocenters. The van der Waals surface area contributed by atoms with Crippen LogP contribution in [0.5, 0.6) is 5.75 Å². The summed E-state index contributed by atoms with van der Waals surface area (Å²) < 4.78 is 33.8. The number of benzene rings is 1. The summed E-state index contributed by atoms with van der Waals surface area (Å²) in [4.78, 5) is 4.63. The van der Waals surface area contributed by atoms with E-state index in [1.54, 1.807) is 7.11 Å². The van der Waals surface area contributed by atoms with E-state index in [9.17, 15) is 8.42 Å². The maximum Gasteiger partial charge on any atom is 0.191 e. The number of hydrogen-bond acceptors (Lipinski definition) is 5. The van der Waals surface area contributed by atoms with Gasteiger partial charge < -0.3 is 20.1 Å². The molecule has 1 saturated heterocycles. The van der Waals surface area contributed by atoms with Crippen molar-refractivity contribution >= 4 is 15.8 Å². The van der Waals surface area contributed by atoms with Gasteiger partial charge in [-0.05, 0) is 43.4 Å². The maximum atomic E-state index is 11.6. The van der Waals surface area contributed by atoms with E-state index >= 15 is 0 Å². The lowest BCUT2D eigenvalue weighted by molar-refractivity contribution is 0.145. The average molecular weight is 398 g/mol. The second-order valence-corrected chi connectivity index (χ2v) is 8.87. The molecule has 1 aliphatic rings. The fourth-order valence-electron chi connectivity index (χ4n) is 2.87. The quantitative estimate of drug-likeness (QED) is 0.354. The highest BCUT2D eigenvalue weighted by atomic mass is 32.2. The summed E-state index contributed by atoms with van der Waals surface area (Å²) in [7, 11) is -1.22. The Morgan fingerprint density at radius 1 is 1.26 bits per heavy atom. The molecule has 0 saturated carbocycles. The first-order valence-electron chi connectivity index (χ1n) is 9.45. The smallest absolute Gasteiger partial charge is 0.191 e. The number of nitrogens with zero attached hydrogens (tertiary/aromatic N) is 1. The first kappa shape index (κ1) is 21.5. The van der Waals surface area contributed by atoms with Gasteiger partial charge in [0, 0.05) is 26.3 Å². The van der Waals surface area contributed by atoms with Gasteiger partial charge in [0.1, 0.15) is 5.75 Å². The monoisotopic (exact) mass is 397 g/mol. The Labute approximate surface area is 162 Å². The molecule has 1 heterocycles. The van der Waals surface area contributed by atoms with Gasteiger partial charge in [-0.3, -0.25) is 0 Å². The highest BCUT2D eigenvalue weighted by molar-refractivity contribution is 7.91. The minimum Gasteiger partial charge on any atom is -0.497 e. The number of ether oxygens (including phenoxy) is 2. The summed E-state index contributed by atoms with van der Waals surface area (Å²) in [6.07, 6.45) is 1.60. The van der Waals surface area contributed by atoms with E-state index in [0.29, 0.717) is 44.4 Å². The predicted octanol–water partition coefficient (Wildman–Crippen LogP) is 1.59. The third-order valence-electron chi connectivity index (χ3n) is 4.43. The van der Waals surface area contributed by atoms with E-state index in [2.05, 4.69) is 15.6 Å². The van der Waals surface area contributed by atoms with Crippen LogP contribution in [0.2, 0.25) is 0 Å². The van der Waals surface area contributed by atoms with Crippen molar-refractivity contribution in [2.45, 2.75) is 26.3 Å². The van der Waals surface area contributed by atoms with E-state index < -0.39 is 9.84 Å².